The van der Waals surface area contributed by atoms with Crippen LogP contribution in [0.3, 0.4) is 0 Å². The molecule has 18 heavy (non-hydrogen) atoms. The van der Waals surface area contributed by atoms with Crippen LogP contribution in [-0.2, 0) is 0 Å². The van der Waals surface area contributed by atoms with Gasteiger partial charge in [-0.25, -0.2) is 9.37 Å². The molecule has 0 radical (unpaired) electrons. The zero-order valence-corrected chi connectivity index (χ0v) is 9.44. The van der Waals surface area contributed by atoms with Gasteiger partial charge >= 0.3 is 6.18 Å². The van der Waals surface area contributed by atoms with Gasteiger partial charge < -0.3 is 10.6 Å². The number of carbonyl (C=O) groups excluding carboxylic acids is 1. The normalized spacial score (nSPS) is 11.2. The lowest BCUT2D eigenvalue weighted by Gasteiger charge is -2.10. The number of anilines is 1. The molecule has 0 unspecified atom stereocenters. The number of halogens is 4. The Morgan fingerprint density at radius 1 is 1.44 bits per heavy atom. The molecular weight excluding hydrogens is 254 g/mol. The lowest BCUT2D eigenvalue weighted by atomic mass is 10.2. The second-order valence-corrected chi connectivity index (χ2v) is 3.35. The van der Waals surface area contributed by atoms with Gasteiger partial charge in [-0.15, -0.1) is 0 Å². The van der Waals surface area contributed by atoms with Crippen LogP contribution >= 0.6 is 0 Å². The molecule has 1 aromatic heterocycles. The molecule has 1 amide bonds. The van der Waals surface area contributed by atoms with Gasteiger partial charge in [0, 0.05) is 12.7 Å². The van der Waals surface area contributed by atoms with Crippen molar-refractivity contribution in [2.45, 2.75) is 13.1 Å². The summed E-state index contributed by atoms with van der Waals surface area (Å²) in [6.45, 7) is 0.555. The maximum Gasteiger partial charge on any atom is 0.405 e. The van der Waals surface area contributed by atoms with E-state index < -0.39 is 30.0 Å². The third-order valence-electron chi connectivity index (χ3n) is 1.93. The fraction of sp³-hybridized carbons (Fsp3) is 0.400. The van der Waals surface area contributed by atoms with Crippen LogP contribution < -0.4 is 10.6 Å². The van der Waals surface area contributed by atoms with Crippen molar-refractivity contribution in [1.82, 2.24) is 10.3 Å². The van der Waals surface area contributed by atoms with E-state index in [2.05, 4.69) is 10.3 Å². The number of hydrogen-bond donors (Lipinski definition) is 2. The lowest BCUT2D eigenvalue weighted by Crippen LogP contribution is -2.34. The first-order valence-electron chi connectivity index (χ1n) is 5.08. The minimum Gasteiger partial charge on any atom is -0.368 e. The Hall–Kier alpha value is -1.86. The smallest absolute Gasteiger partial charge is 0.368 e. The Bertz CT molecular complexity index is 434. The fourth-order valence-electron chi connectivity index (χ4n) is 1.19. The van der Waals surface area contributed by atoms with Gasteiger partial charge in [0.05, 0.1) is 5.56 Å². The summed E-state index contributed by atoms with van der Waals surface area (Å²) in [6, 6.07) is 1.02. The van der Waals surface area contributed by atoms with Crippen molar-refractivity contribution in [2.24, 2.45) is 0 Å². The van der Waals surface area contributed by atoms with Crippen LogP contribution in [0.25, 0.3) is 0 Å². The van der Waals surface area contributed by atoms with Crippen LogP contribution in [0.1, 0.15) is 17.3 Å². The number of alkyl halides is 3. The van der Waals surface area contributed by atoms with E-state index in [-0.39, 0.29) is 5.82 Å². The molecule has 0 bridgehead atoms. The van der Waals surface area contributed by atoms with Crippen LogP contribution in [0.2, 0.25) is 0 Å². The lowest BCUT2D eigenvalue weighted by molar-refractivity contribution is -0.123. The summed E-state index contributed by atoms with van der Waals surface area (Å²) < 4.78 is 49.4. The maximum atomic E-state index is 13.7. The van der Waals surface area contributed by atoms with E-state index >= 15 is 0 Å². The molecule has 0 atom stereocenters. The van der Waals surface area contributed by atoms with Crippen LogP contribution in [0, 0.1) is 5.82 Å². The largest absolute Gasteiger partial charge is 0.405 e. The van der Waals surface area contributed by atoms with Crippen molar-refractivity contribution in [3.05, 3.63) is 23.6 Å². The number of nitrogens with zero attached hydrogens (tertiary/aromatic N) is 1. The average molecular weight is 265 g/mol. The van der Waals surface area contributed by atoms with E-state index in [0.29, 0.717) is 6.54 Å². The van der Waals surface area contributed by atoms with Gasteiger partial charge in [-0.2, -0.15) is 13.2 Å². The van der Waals surface area contributed by atoms with Crippen molar-refractivity contribution in [2.75, 3.05) is 18.4 Å². The topological polar surface area (TPSA) is 54.0 Å². The minimum absolute atomic E-state index is 0.169. The maximum absolute atomic E-state index is 13.7. The molecule has 4 nitrogen and oxygen atoms in total. The molecule has 0 aliphatic carbocycles. The molecule has 0 aliphatic heterocycles. The monoisotopic (exact) mass is 265 g/mol. The highest BCUT2D eigenvalue weighted by atomic mass is 19.4. The third kappa shape index (κ3) is 3.86. The van der Waals surface area contributed by atoms with Gasteiger partial charge in [0.1, 0.15) is 6.54 Å². The zero-order valence-electron chi connectivity index (χ0n) is 9.44. The summed E-state index contributed by atoms with van der Waals surface area (Å²) in [6.07, 6.45) is -3.40. The highest BCUT2D eigenvalue weighted by Crippen LogP contribution is 2.16. The predicted molar refractivity (Wildman–Crippen MR) is 56.7 cm³/mol. The Morgan fingerprint density at radius 3 is 2.67 bits per heavy atom. The number of rotatable bonds is 4. The van der Waals surface area contributed by atoms with E-state index in [0.717, 1.165) is 12.3 Å². The number of amides is 1. The van der Waals surface area contributed by atoms with Crippen molar-refractivity contribution in [3.8, 4) is 0 Å². The van der Waals surface area contributed by atoms with Crippen molar-refractivity contribution < 1.29 is 22.4 Å². The summed E-state index contributed by atoms with van der Waals surface area (Å²) in [4.78, 5) is 15.0. The Kier molecular flexibility index (Phi) is 4.46. The Morgan fingerprint density at radius 2 is 2.11 bits per heavy atom. The van der Waals surface area contributed by atoms with Crippen LogP contribution in [-0.4, -0.2) is 30.2 Å². The number of hydrogen-bond acceptors (Lipinski definition) is 3. The second-order valence-electron chi connectivity index (χ2n) is 3.35. The van der Waals surface area contributed by atoms with E-state index in [1.165, 1.54) is 0 Å². The van der Waals surface area contributed by atoms with Gasteiger partial charge in [-0.05, 0) is 13.0 Å². The van der Waals surface area contributed by atoms with Gasteiger partial charge in [0.25, 0.3) is 5.91 Å². The fourth-order valence-corrected chi connectivity index (χ4v) is 1.19. The number of pyridine rings is 1. The summed E-state index contributed by atoms with van der Waals surface area (Å²) in [5, 5.41) is 4.14. The Balaban J connectivity index is 2.83. The predicted octanol–water partition coefficient (Wildman–Crippen LogP) is 1.94. The average Bonchev–Trinajstić information content (AvgIpc) is 2.28. The molecule has 2 N–H and O–H groups in total. The van der Waals surface area contributed by atoms with Crippen molar-refractivity contribution in [3.63, 3.8) is 0 Å². The van der Waals surface area contributed by atoms with Crippen LogP contribution in [0.5, 0.6) is 0 Å². The number of aromatic nitrogens is 1. The molecule has 1 aromatic rings. The van der Waals surface area contributed by atoms with E-state index in [1.807, 2.05) is 0 Å². The standard InChI is InChI=1S/C10H11F4N3O/c1-2-15-8-7(11)6(3-4-16-8)9(18)17-5-10(12,13)14/h3-4H,2,5H2,1H3,(H,15,16)(H,17,18). The first-order chi connectivity index (χ1) is 8.35. The summed E-state index contributed by atoms with van der Waals surface area (Å²) in [5.74, 6) is -2.28. The van der Waals surface area contributed by atoms with E-state index in [9.17, 15) is 22.4 Å². The molecule has 0 aromatic carbocycles. The minimum atomic E-state index is -4.54. The molecule has 8 heteroatoms. The van der Waals surface area contributed by atoms with Gasteiger partial charge in [0.15, 0.2) is 11.6 Å². The molecule has 0 fully saturated rings. The van der Waals surface area contributed by atoms with Gasteiger partial charge in [-0.3, -0.25) is 4.79 Å². The molecular formula is C10H11F4N3O. The van der Waals surface area contributed by atoms with E-state index in [4.69, 9.17) is 0 Å². The SMILES string of the molecule is CCNc1nccc(C(=O)NCC(F)(F)F)c1F. The first kappa shape index (κ1) is 14.2. The van der Waals surface area contributed by atoms with Crippen LogP contribution in [0.15, 0.2) is 12.3 Å². The molecule has 0 saturated carbocycles. The highest BCUT2D eigenvalue weighted by Gasteiger charge is 2.28. The molecule has 0 saturated heterocycles. The quantitative estimate of drug-likeness (QED) is 0.818. The second kappa shape index (κ2) is 5.65. The summed E-state index contributed by atoms with van der Waals surface area (Å²) in [7, 11) is 0. The first-order valence-corrected chi connectivity index (χ1v) is 5.08. The molecule has 0 aliphatic rings. The number of nitrogens with one attached hydrogen (secondary N) is 2. The summed E-state index contributed by atoms with van der Waals surface area (Å²) in [5.41, 5.74) is -0.481. The van der Waals surface area contributed by atoms with Gasteiger partial charge in [-0.1, -0.05) is 0 Å². The molecule has 100 valence electrons. The Labute approximate surface area is 100 Å². The summed E-state index contributed by atoms with van der Waals surface area (Å²) >= 11 is 0. The molecule has 1 rings (SSSR count). The van der Waals surface area contributed by atoms with Crippen molar-refractivity contribution in [1.29, 1.82) is 0 Å². The zero-order chi connectivity index (χ0) is 13.8. The third-order valence-corrected chi connectivity index (χ3v) is 1.93. The molecule has 1 heterocycles. The van der Waals surface area contributed by atoms with Crippen LogP contribution in [0.4, 0.5) is 23.4 Å². The number of carbonyl (C=O) groups is 1. The highest BCUT2D eigenvalue weighted by molar-refractivity contribution is 5.95. The van der Waals surface area contributed by atoms with E-state index in [1.54, 1.807) is 12.2 Å². The van der Waals surface area contributed by atoms with Gasteiger partial charge in [0.2, 0.25) is 0 Å². The molecule has 0 spiro atoms. The van der Waals surface area contributed by atoms with Crippen molar-refractivity contribution >= 4 is 11.7 Å².